The number of aliphatic hydroxyl groups is 1. The molecule has 0 aromatic carbocycles. The van der Waals surface area contributed by atoms with Crippen molar-refractivity contribution in [2.24, 2.45) is 0 Å². The van der Waals surface area contributed by atoms with E-state index in [-0.39, 0.29) is 6.61 Å². The number of nitrogens with one attached hydrogen (secondary N) is 1. The molecule has 4 nitrogen and oxygen atoms in total. The summed E-state index contributed by atoms with van der Waals surface area (Å²) in [5.41, 5.74) is 0.735. The minimum absolute atomic E-state index is 0.132. The van der Waals surface area contributed by atoms with Crippen LogP contribution in [0.2, 0.25) is 0 Å². The van der Waals surface area contributed by atoms with E-state index in [1.54, 1.807) is 0 Å². The van der Waals surface area contributed by atoms with Gasteiger partial charge in [-0.15, -0.1) is 0 Å². The third-order valence-electron chi connectivity index (χ3n) is 1.18. The van der Waals surface area contributed by atoms with E-state index in [0.717, 1.165) is 5.69 Å². The summed E-state index contributed by atoms with van der Waals surface area (Å²) in [5, 5.41) is 8.41. The summed E-state index contributed by atoms with van der Waals surface area (Å²) in [6, 6.07) is 0. The molecule has 1 aromatic heterocycles. The zero-order valence-corrected chi connectivity index (χ0v) is 5.46. The lowest BCUT2D eigenvalue weighted by molar-refractivity contribution is 0.288. The first-order valence-electron chi connectivity index (χ1n) is 3.10. The van der Waals surface area contributed by atoms with Crippen LogP contribution >= 0.6 is 0 Å². The van der Waals surface area contributed by atoms with E-state index in [0.29, 0.717) is 12.8 Å². The van der Waals surface area contributed by atoms with Gasteiger partial charge in [-0.1, -0.05) is 0 Å². The lowest BCUT2D eigenvalue weighted by atomic mass is 10.3. The summed E-state index contributed by atoms with van der Waals surface area (Å²) in [6.45, 7) is 0.132. The smallest absolute Gasteiger partial charge is 0.416 e. The Morgan fingerprint density at radius 3 is 3.00 bits per heavy atom. The average molecular weight is 143 g/mol. The highest BCUT2D eigenvalue weighted by atomic mass is 16.4. The molecule has 2 N–H and O–H groups in total. The second-order valence-electron chi connectivity index (χ2n) is 2.00. The first-order valence-corrected chi connectivity index (χ1v) is 3.10. The molecule has 0 unspecified atom stereocenters. The summed E-state index contributed by atoms with van der Waals surface area (Å²) in [5.74, 6) is -0.437. The third kappa shape index (κ3) is 1.73. The number of aromatic nitrogens is 1. The number of aliphatic hydroxyl groups excluding tert-OH is 1. The minimum Gasteiger partial charge on any atom is -0.416 e. The Balaban J connectivity index is 2.50. The van der Waals surface area contributed by atoms with Gasteiger partial charge in [0.05, 0.1) is 5.69 Å². The van der Waals surface area contributed by atoms with Gasteiger partial charge in [0.1, 0.15) is 6.26 Å². The highest BCUT2D eigenvalue weighted by molar-refractivity contribution is 4.90. The Bertz CT molecular complexity index is 237. The van der Waals surface area contributed by atoms with Gasteiger partial charge >= 0.3 is 5.76 Å². The van der Waals surface area contributed by atoms with E-state index >= 15 is 0 Å². The van der Waals surface area contributed by atoms with Gasteiger partial charge in [-0.2, -0.15) is 0 Å². The van der Waals surface area contributed by atoms with E-state index in [1.165, 1.54) is 6.26 Å². The van der Waals surface area contributed by atoms with Gasteiger partial charge in [-0.3, -0.25) is 4.98 Å². The van der Waals surface area contributed by atoms with Crippen molar-refractivity contribution in [2.45, 2.75) is 12.8 Å². The van der Waals surface area contributed by atoms with Crippen molar-refractivity contribution in [2.75, 3.05) is 6.61 Å². The molecular formula is C6H9NO3. The van der Waals surface area contributed by atoms with Crippen LogP contribution < -0.4 is 5.76 Å². The van der Waals surface area contributed by atoms with E-state index in [9.17, 15) is 4.79 Å². The van der Waals surface area contributed by atoms with Crippen LogP contribution in [0.5, 0.6) is 0 Å². The number of aromatic amines is 1. The lowest BCUT2D eigenvalue weighted by Crippen LogP contribution is -1.97. The Labute approximate surface area is 57.5 Å². The second kappa shape index (κ2) is 3.22. The highest BCUT2D eigenvalue weighted by Crippen LogP contribution is 1.94. The average Bonchev–Trinajstić information content (AvgIpc) is 2.31. The van der Waals surface area contributed by atoms with Gasteiger partial charge < -0.3 is 9.52 Å². The molecule has 56 valence electrons. The summed E-state index contributed by atoms with van der Waals surface area (Å²) < 4.78 is 4.47. The molecule has 1 aromatic rings. The first kappa shape index (κ1) is 7.08. The summed E-state index contributed by atoms with van der Waals surface area (Å²) in [6.07, 6.45) is 2.68. The van der Waals surface area contributed by atoms with Crippen LogP contribution in [0.15, 0.2) is 15.5 Å². The predicted molar refractivity (Wildman–Crippen MR) is 34.7 cm³/mol. The normalized spacial score (nSPS) is 10.1. The molecule has 0 aliphatic rings. The molecule has 4 heteroatoms. The molecule has 0 fully saturated rings. The Kier molecular flexibility index (Phi) is 2.28. The van der Waals surface area contributed by atoms with Crippen LogP contribution in [0, 0.1) is 0 Å². The maximum Gasteiger partial charge on any atom is 0.416 e. The van der Waals surface area contributed by atoms with Crippen molar-refractivity contribution in [1.29, 1.82) is 0 Å². The van der Waals surface area contributed by atoms with Crippen LogP contribution in [0.1, 0.15) is 12.1 Å². The van der Waals surface area contributed by atoms with Crippen LogP contribution in [-0.2, 0) is 6.42 Å². The van der Waals surface area contributed by atoms with Gasteiger partial charge in [-0.25, -0.2) is 4.79 Å². The maximum atomic E-state index is 10.4. The zero-order chi connectivity index (χ0) is 7.40. The fraction of sp³-hybridized carbons (Fsp3) is 0.500. The molecule has 0 spiro atoms. The standard InChI is InChI=1S/C6H9NO3/c8-3-1-2-5-4-10-6(9)7-5/h4,8H,1-3H2,(H,7,9). The monoisotopic (exact) mass is 143 g/mol. The molecule has 0 radical (unpaired) electrons. The predicted octanol–water partition coefficient (Wildman–Crippen LogP) is -0.107. The molecule has 0 amide bonds. The molecular weight excluding hydrogens is 134 g/mol. The van der Waals surface area contributed by atoms with Crippen LogP contribution in [0.3, 0.4) is 0 Å². The lowest BCUT2D eigenvalue weighted by Gasteiger charge is -1.89. The Morgan fingerprint density at radius 1 is 1.70 bits per heavy atom. The number of hydrogen-bond acceptors (Lipinski definition) is 3. The van der Waals surface area contributed by atoms with Gasteiger partial charge in [0.15, 0.2) is 0 Å². The summed E-state index contributed by atoms with van der Waals surface area (Å²) in [7, 11) is 0. The van der Waals surface area contributed by atoms with Crippen molar-refractivity contribution in [1.82, 2.24) is 4.98 Å². The van der Waals surface area contributed by atoms with E-state index in [1.807, 2.05) is 0 Å². The van der Waals surface area contributed by atoms with Gasteiger partial charge in [-0.05, 0) is 12.8 Å². The summed E-state index contributed by atoms with van der Waals surface area (Å²) >= 11 is 0. The number of rotatable bonds is 3. The Hall–Kier alpha value is -1.03. The number of H-pyrrole nitrogens is 1. The van der Waals surface area contributed by atoms with E-state index < -0.39 is 5.76 Å². The molecule has 10 heavy (non-hydrogen) atoms. The third-order valence-corrected chi connectivity index (χ3v) is 1.18. The fourth-order valence-electron chi connectivity index (χ4n) is 0.706. The van der Waals surface area contributed by atoms with Crippen molar-refractivity contribution >= 4 is 0 Å². The Morgan fingerprint density at radius 2 is 2.50 bits per heavy atom. The van der Waals surface area contributed by atoms with E-state index in [4.69, 9.17) is 5.11 Å². The molecule has 1 rings (SSSR count). The zero-order valence-electron chi connectivity index (χ0n) is 5.46. The van der Waals surface area contributed by atoms with Crippen molar-refractivity contribution < 1.29 is 9.52 Å². The van der Waals surface area contributed by atoms with Crippen molar-refractivity contribution in [3.05, 3.63) is 22.5 Å². The van der Waals surface area contributed by atoms with Crippen molar-refractivity contribution in [3.63, 3.8) is 0 Å². The molecule has 0 saturated heterocycles. The van der Waals surface area contributed by atoms with Crippen LogP contribution in [0.25, 0.3) is 0 Å². The summed E-state index contributed by atoms with van der Waals surface area (Å²) in [4.78, 5) is 12.8. The largest absolute Gasteiger partial charge is 0.416 e. The second-order valence-corrected chi connectivity index (χ2v) is 2.00. The minimum atomic E-state index is -0.437. The number of aryl methyl sites for hydroxylation is 1. The molecule has 0 aliphatic carbocycles. The van der Waals surface area contributed by atoms with Gasteiger partial charge in [0.25, 0.3) is 0 Å². The molecule has 0 aliphatic heterocycles. The topological polar surface area (TPSA) is 66.2 Å². The molecule has 0 saturated carbocycles. The number of oxazole rings is 1. The highest BCUT2D eigenvalue weighted by Gasteiger charge is 1.95. The first-order chi connectivity index (χ1) is 4.83. The van der Waals surface area contributed by atoms with Gasteiger partial charge in [0, 0.05) is 6.61 Å². The molecule has 0 bridgehead atoms. The van der Waals surface area contributed by atoms with Crippen molar-refractivity contribution in [3.8, 4) is 0 Å². The fourth-order valence-corrected chi connectivity index (χ4v) is 0.706. The number of hydrogen-bond donors (Lipinski definition) is 2. The van der Waals surface area contributed by atoms with Gasteiger partial charge in [0.2, 0.25) is 0 Å². The van der Waals surface area contributed by atoms with E-state index in [2.05, 4.69) is 9.40 Å². The van der Waals surface area contributed by atoms with Crippen LogP contribution in [-0.4, -0.2) is 16.7 Å². The molecule has 1 heterocycles. The quantitative estimate of drug-likeness (QED) is 0.620. The maximum absolute atomic E-state index is 10.4. The molecule has 0 atom stereocenters. The van der Waals surface area contributed by atoms with Crippen LogP contribution in [0.4, 0.5) is 0 Å². The SMILES string of the molecule is O=c1[nH]c(CCCO)co1.